The zero-order valence-corrected chi connectivity index (χ0v) is 12.2. The fourth-order valence-corrected chi connectivity index (χ4v) is 2.65. The number of nitrogens with one attached hydrogen (secondary N) is 2. The van der Waals surface area contributed by atoms with Crippen molar-refractivity contribution in [3.05, 3.63) is 46.4 Å². The van der Waals surface area contributed by atoms with Crippen LogP contribution in [-0.4, -0.2) is 23.1 Å². The maximum atomic E-state index is 6.06. The molecule has 0 amide bonds. The molecular formula is C15H17ClN4. The van der Waals surface area contributed by atoms with Crippen molar-refractivity contribution in [3.8, 4) is 0 Å². The van der Waals surface area contributed by atoms with Crippen LogP contribution in [0.1, 0.15) is 16.8 Å². The van der Waals surface area contributed by atoms with Crippen molar-refractivity contribution in [1.82, 2.24) is 15.3 Å². The summed E-state index contributed by atoms with van der Waals surface area (Å²) in [6.45, 7) is 3.95. The molecule has 4 nitrogen and oxygen atoms in total. The molecular weight excluding hydrogens is 272 g/mol. The Kier molecular flexibility index (Phi) is 3.85. The lowest BCUT2D eigenvalue weighted by Crippen LogP contribution is -2.16. The van der Waals surface area contributed by atoms with E-state index in [1.54, 1.807) is 0 Å². The van der Waals surface area contributed by atoms with Gasteiger partial charge in [-0.15, -0.1) is 0 Å². The van der Waals surface area contributed by atoms with E-state index in [-0.39, 0.29) is 0 Å². The number of fused-ring (bicyclic) bond motifs is 1. The van der Waals surface area contributed by atoms with Crippen molar-refractivity contribution < 1.29 is 0 Å². The second-order valence-electron chi connectivity index (χ2n) is 4.96. The number of aromatic nitrogens is 2. The lowest BCUT2D eigenvalue weighted by molar-refractivity contribution is 0.708. The molecule has 0 bridgehead atoms. The molecule has 3 rings (SSSR count). The van der Waals surface area contributed by atoms with Gasteiger partial charge in [-0.05, 0) is 43.1 Å². The van der Waals surface area contributed by atoms with Crippen LogP contribution >= 0.6 is 11.6 Å². The highest BCUT2D eigenvalue weighted by Gasteiger charge is 2.16. The van der Waals surface area contributed by atoms with Crippen LogP contribution < -0.4 is 10.6 Å². The molecule has 0 aliphatic carbocycles. The van der Waals surface area contributed by atoms with Crippen LogP contribution in [0.15, 0.2) is 24.3 Å². The van der Waals surface area contributed by atoms with Crippen molar-refractivity contribution in [2.24, 2.45) is 0 Å². The predicted molar refractivity (Wildman–Crippen MR) is 81.8 cm³/mol. The molecule has 0 saturated carbocycles. The summed E-state index contributed by atoms with van der Waals surface area (Å²) >= 11 is 6.06. The third-order valence-corrected chi connectivity index (χ3v) is 3.72. The third kappa shape index (κ3) is 2.76. The van der Waals surface area contributed by atoms with Crippen LogP contribution in [0.3, 0.4) is 0 Å². The Hall–Kier alpha value is -1.65. The Morgan fingerprint density at radius 3 is 2.80 bits per heavy atom. The van der Waals surface area contributed by atoms with Gasteiger partial charge in [-0.25, -0.2) is 9.97 Å². The molecule has 0 fully saturated rings. The van der Waals surface area contributed by atoms with Gasteiger partial charge >= 0.3 is 0 Å². The summed E-state index contributed by atoms with van der Waals surface area (Å²) in [5.41, 5.74) is 4.46. The van der Waals surface area contributed by atoms with Crippen LogP contribution in [0.4, 0.5) is 11.5 Å². The molecule has 0 radical (unpaired) electrons. The monoisotopic (exact) mass is 288 g/mol. The molecule has 20 heavy (non-hydrogen) atoms. The fourth-order valence-electron chi connectivity index (χ4n) is 2.46. The summed E-state index contributed by atoms with van der Waals surface area (Å²) in [6, 6.07) is 8.16. The molecule has 0 atom stereocenters. The summed E-state index contributed by atoms with van der Waals surface area (Å²) in [6.07, 6.45) is 1.81. The van der Waals surface area contributed by atoms with Crippen LogP contribution in [-0.2, 0) is 12.8 Å². The Morgan fingerprint density at radius 1 is 1.15 bits per heavy atom. The SMILES string of the molecule is Cc1ccccc1Nc1nc(Cl)nc2c1CCNCC2. The quantitative estimate of drug-likeness (QED) is 0.835. The number of hydrogen-bond donors (Lipinski definition) is 2. The number of anilines is 2. The number of aryl methyl sites for hydroxylation is 1. The van der Waals surface area contributed by atoms with Gasteiger partial charge in [-0.2, -0.15) is 0 Å². The number of halogens is 1. The average Bonchev–Trinajstić information content (AvgIpc) is 2.66. The van der Waals surface area contributed by atoms with Crippen LogP contribution in [0, 0.1) is 6.92 Å². The van der Waals surface area contributed by atoms with Crippen molar-refractivity contribution in [2.75, 3.05) is 18.4 Å². The van der Waals surface area contributed by atoms with E-state index in [4.69, 9.17) is 11.6 Å². The number of nitrogens with zero attached hydrogens (tertiary/aromatic N) is 2. The first kappa shape index (κ1) is 13.3. The molecule has 1 aliphatic heterocycles. The van der Waals surface area contributed by atoms with Gasteiger partial charge in [0, 0.05) is 24.2 Å². The standard InChI is InChI=1S/C15H17ClN4/c1-10-4-2-3-5-12(10)18-14-11-6-8-17-9-7-13(11)19-15(16)20-14/h2-5,17H,6-9H2,1H3,(H,18,19,20). The molecule has 2 heterocycles. The molecule has 2 aromatic rings. The van der Waals surface area contributed by atoms with Crippen molar-refractivity contribution >= 4 is 23.1 Å². The first-order chi connectivity index (χ1) is 9.74. The molecule has 2 N–H and O–H groups in total. The fraction of sp³-hybridized carbons (Fsp3) is 0.333. The summed E-state index contributed by atoms with van der Waals surface area (Å²) in [5.74, 6) is 0.831. The number of benzene rings is 1. The Balaban J connectivity index is 2.01. The minimum Gasteiger partial charge on any atom is -0.340 e. The molecule has 0 saturated heterocycles. The van der Waals surface area contributed by atoms with Gasteiger partial charge < -0.3 is 10.6 Å². The van der Waals surface area contributed by atoms with Gasteiger partial charge in [0.2, 0.25) is 5.28 Å². The molecule has 5 heteroatoms. The van der Waals surface area contributed by atoms with E-state index in [9.17, 15) is 0 Å². The van der Waals surface area contributed by atoms with Gasteiger partial charge in [0.25, 0.3) is 0 Å². The number of hydrogen-bond acceptors (Lipinski definition) is 4. The largest absolute Gasteiger partial charge is 0.340 e. The lowest BCUT2D eigenvalue weighted by atomic mass is 10.1. The van der Waals surface area contributed by atoms with Gasteiger partial charge in [0.15, 0.2) is 0 Å². The molecule has 104 valence electrons. The van der Waals surface area contributed by atoms with E-state index in [1.807, 2.05) is 18.2 Å². The molecule has 0 spiro atoms. The second-order valence-corrected chi connectivity index (χ2v) is 5.29. The first-order valence-electron chi connectivity index (χ1n) is 6.82. The Morgan fingerprint density at radius 2 is 1.95 bits per heavy atom. The highest BCUT2D eigenvalue weighted by atomic mass is 35.5. The highest BCUT2D eigenvalue weighted by Crippen LogP contribution is 2.26. The minimum atomic E-state index is 0.307. The van der Waals surface area contributed by atoms with Crippen LogP contribution in [0.2, 0.25) is 5.28 Å². The van der Waals surface area contributed by atoms with E-state index in [1.165, 1.54) is 11.1 Å². The van der Waals surface area contributed by atoms with E-state index in [0.29, 0.717) is 5.28 Å². The molecule has 1 aromatic heterocycles. The van der Waals surface area contributed by atoms with Crippen molar-refractivity contribution in [1.29, 1.82) is 0 Å². The topological polar surface area (TPSA) is 49.8 Å². The maximum absolute atomic E-state index is 6.06. The number of para-hydroxylation sites is 1. The van der Waals surface area contributed by atoms with E-state index in [2.05, 4.69) is 33.6 Å². The third-order valence-electron chi connectivity index (χ3n) is 3.55. The average molecular weight is 289 g/mol. The van der Waals surface area contributed by atoms with Gasteiger partial charge in [-0.1, -0.05) is 18.2 Å². The number of rotatable bonds is 2. The van der Waals surface area contributed by atoms with Gasteiger partial charge in [0.1, 0.15) is 5.82 Å². The smallest absolute Gasteiger partial charge is 0.224 e. The summed E-state index contributed by atoms with van der Waals surface area (Å²) in [5, 5.41) is 7.09. The Labute approximate surface area is 123 Å². The molecule has 0 unspecified atom stereocenters. The minimum absolute atomic E-state index is 0.307. The molecule has 1 aliphatic rings. The predicted octanol–water partition coefficient (Wildman–Crippen LogP) is 2.87. The van der Waals surface area contributed by atoms with E-state index >= 15 is 0 Å². The summed E-state index contributed by atoms with van der Waals surface area (Å²) < 4.78 is 0. The summed E-state index contributed by atoms with van der Waals surface area (Å²) in [4.78, 5) is 8.75. The summed E-state index contributed by atoms with van der Waals surface area (Å²) in [7, 11) is 0. The van der Waals surface area contributed by atoms with Gasteiger partial charge in [0.05, 0.1) is 5.69 Å². The van der Waals surface area contributed by atoms with E-state index in [0.717, 1.165) is 43.1 Å². The lowest BCUT2D eigenvalue weighted by Gasteiger charge is -2.14. The second kappa shape index (κ2) is 5.77. The van der Waals surface area contributed by atoms with Crippen LogP contribution in [0.5, 0.6) is 0 Å². The van der Waals surface area contributed by atoms with Crippen molar-refractivity contribution in [2.45, 2.75) is 19.8 Å². The van der Waals surface area contributed by atoms with E-state index < -0.39 is 0 Å². The Bertz CT molecular complexity index is 627. The zero-order chi connectivity index (χ0) is 13.9. The highest BCUT2D eigenvalue weighted by molar-refractivity contribution is 6.28. The first-order valence-corrected chi connectivity index (χ1v) is 7.20. The van der Waals surface area contributed by atoms with Crippen molar-refractivity contribution in [3.63, 3.8) is 0 Å². The van der Waals surface area contributed by atoms with Crippen LogP contribution in [0.25, 0.3) is 0 Å². The zero-order valence-electron chi connectivity index (χ0n) is 11.4. The normalized spacial score (nSPS) is 14.5. The van der Waals surface area contributed by atoms with Gasteiger partial charge in [-0.3, -0.25) is 0 Å². The maximum Gasteiger partial charge on any atom is 0.224 e. The molecule has 1 aromatic carbocycles.